The number of hydrogen-bond donors (Lipinski definition) is 1. The smallest absolute Gasteiger partial charge is 0.339 e. The van der Waals surface area contributed by atoms with E-state index in [2.05, 4.69) is 5.32 Å². The Labute approximate surface area is 125 Å². The average Bonchev–Trinajstić information content (AvgIpc) is 2.41. The van der Waals surface area contributed by atoms with Crippen LogP contribution in [0.5, 0.6) is 0 Å². The zero-order valence-electron chi connectivity index (χ0n) is 12.0. The van der Waals surface area contributed by atoms with Gasteiger partial charge < -0.3 is 10.1 Å². The molecule has 0 spiro atoms. The largest absolute Gasteiger partial charge is 0.465 e. The molecule has 4 heteroatoms. The standard InChI is InChI=1S/C16H22ClNO2/c1-20-16(19)14-10-9-12(17)11-15(14)18-13-7-5-3-2-4-6-8-13/h9-11,13,18H,2-8H2,1H3. The van der Waals surface area contributed by atoms with Gasteiger partial charge in [0.05, 0.1) is 18.4 Å². The van der Waals surface area contributed by atoms with E-state index in [0.717, 1.165) is 18.5 Å². The zero-order chi connectivity index (χ0) is 14.4. The molecular weight excluding hydrogens is 274 g/mol. The number of hydrogen-bond acceptors (Lipinski definition) is 3. The van der Waals surface area contributed by atoms with E-state index in [-0.39, 0.29) is 5.97 Å². The molecule has 0 saturated heterocycles. The molecule has 1 saturated carbocycles. The third-order valence-electron chi connectivity index (χ3n) is 3.85. The monoisotopic (exact) mass is 295 g/mol. The van der Waals surface area contributed by atoms with Crippen LogP contribution < -0.4 is 5.32 Å². The van der Waals surface area contributed by atoms with Crippen molar-refractivity contribution in [2.45, 2.75) is 51.0 Å². The van der Waals surface area contributed by atoms with Gasteiger partial charge >= 0.3 is 5.97 Å². The number of benzene rings is 1. The molecular formula is C16H22ClNO2. The van der Waals surface area contributed by atoms with Gasteiger partial charge in [0.2, 0.25) is 0 Å². The Balaban J connectivity index is 2.13. The maximum Gasteiger partial charge on any atom is 0.339 e. The first-order chi connectivity index (χ1) is 9.70. The fraction of sp³-hybridized carbons (Fsp3) is 0.562. The molecule has 0 atom stereocenters. The summed E-state index contributed by atoms with van der Waals surface area (Å²) in [5.74, 6) is -0.324. The lowest BCUT2D eigenvalue weighted by atomic mass is 9.96. The van der Waals surface area contributed by atoms with Crippen molar-refractivity contribution in [1.29, 1.82) is 0 Å². The second-order valence-corrected chi connectivity index (χ2v) is 5.80. The Hall–Kier alpha value is -1.22. The van der Waals surface area contributed by atoms with E-state index in [1.54, 1.807) is 12.1 Å². The van der Waals surface area contributed by atoms with Crippen molar-refractivity contribution >= 4 is 23.3 Å². The topological polar surface area (TPSA) is 38.3 Å². The maximum absolute atomic E-state index is 11.8. The van der Waals surface area contributed by atoms with Crippen molar-refractivity contribution in [2.75, 3.05) is 12.4 Å². The molecule has 0 radical (unpaired) electrons. The summed E-state index contributed by atoms with van der Waals surface area (Å²) in [5, 5.41) is 4.12. The minimum Gasteiger partial charge on any atom is -0.465 e. The summed E-state index contributed by atoms with van der Waals surface area (Å²) in [6, 6.07) is 5.67. The summed E-state index contributed by atoms with van der Waals surface area (Å²) < 4.78 is 4.83. The Kier molecular flexibility index (Phi) is 5.72. The van der Waals surface area contributed by atoms with E-state index in [0.29, 0.717) is 16.6 Å². The van der Waals surface area contributed by atoms with Gasteiger partial charge in [-0.3, -0.25) is 0 Å². The first-order valence-electron chi connectivity index (χ1n) is 7.35. The van der Waals surface area contributed by atoms with Crippen LogP contribution in [0.4, 0.5) is 5.69 Å². The second-order valence-electron chi connectivity index (χ2n) is 5.37. The molecule has 20 heavy (non-hydrogen) atoms. The molecule has 1 aromatic rings. The number of carbonyl (C=O) groups excluding carboxylic acids is 1. The quantitative estimate of drug-likeness (QED) is 0.825. The Bertz CT molecular complexity index is 454. The Morgan fingerprint density at radius 1 is 1.20 bits per heavy atom. The van der Waals surface area contributed by atoms with Gasteiger partial charge in [0.15, 0.2) is 0 Å². The number of ether oxygens (including phenoxy) is 1. The number of nitrogens with one attached hydrogen (secondary N) is 1. The number of rotatable bonds is 3. The van der Waals surface area contributed by atoms with Crippen LogP contribution in [-0.4, -0.2) is 19.1 Å². The third kappa shape index (κ3) is 4.14. The van der Waals surface area contributed by atoms with Crippen molar-refractivity contribution in [2.24, 2.45) is 0 Å². The van der Waals surface area contributed by atoms with Crippen LogP contribution in [-0.2, 0) is 4.74 Å². The fourth-order valence-corrected chi connectivity index (χ4v) is 2.92. The van der Waals surface area contributed by atoms with Gasteiger partial charge in [-0.05, 0) is 31.0 Å². The van der Waals surface area contributed by atoms with Gasteiger partial charge in [-0.1, -0.05) is 43.7 Å². The van der Waals surface area contributed by atoms with Crippen LogP contribution in [0.1, 0.15) is 55.3 Å². The van der Waals surface area contributed by atoms with Crippen LogP contribution in [0.2, 0.25) is 5.02 Å². The van der Waals surface area contributed by atoms with E-state index >= 15 is 0 Å². The first-order valence-corrected chi connectivity index (χ1v) is 7.73. The van der Waals surface area contributed by atoms with Crippen molar-refractivity contribution in [3.8, 4) is 0 Å². The number of halogens is 1. The molecule has 0 aliphatic heterocycles. The highest BCUT2D eigenvalue weighted by Crippen LogP contribution is 2.26. The van der Waals surface area contributed by atoms with Crippen LogP contribution in [0.15, 0.2) is 18.2 Å². The highest BCUT2D eigenvalue weighted by Gasteiger charge is 2.16. The number of anilines is 1. The molecule has 1 N–H and O–H groups in total. The minimum absolute atomic E-state index is 0.324. The van der Waals surface area contributed by atoms with E-state index < -0.39 is 0 Å². The lowest BCUT2D eigenvalue weighted by molar-refractivity contribution is 0.0602. The van der Waals surface area contributed by atoms with Gasteiger partial charge in [0.25, 0.3) is 0 Å². The highest BCUT2D eigenvalue weighted by atomic mass is 35.5. The molecule has 0 amide bonds. The van der Waals surface area contributed by atoms with Gasteiger partial charge in [-0.25, -0.2) is 4.79 Å². The highest BCUT2D eigenvalue weighted by molar-refractivity contribution is 6.31. The van der Waals surface area contributed by atoms with Gasteiger partial charge in [-0.15, -0.1) is 0 Å². The number of esters is 1. The zero-order valence-corrected chi connectivity index (χ0v) is 12.7. The average molecular weight is 296 g/mol. The van der Waals surface area contributed by atoms with Crippen molar-refractivity contribution in [3.05, 3.63) is 28.8 Å². The van der Waals surface area contributed by atoms with Crippen molar-refractivity contribution in [1.82, 2.24) is 0 Å². The molecule has 110 valence electrons. The van der Waals surface area contributed by atoms with E-state index in [1.165, 1.54) is 39.2 Å². The molecule has 3 nitrogen and oxygen atoms in total. The molecule has 1 aromatic carbocycles. The first kappa shape index (κ1) is 15.2. The molecule has 0 unspecified atom stereocenters. The van der Waals surface area contributed by atoms with E-state index in [1.807, 2.05) is 6.07 Å². The fourth-order valence-electron chi connectivity index (χ4n) is 2.74. The van der Waals surface area contributed by atoms with Gasteiger partial charge in [0, 0.05) is 11.1 Å². The van der Waals surface area contributed by atoms with E-state index in [9.17, 15) is 4.79 Å². The molecule has 1 aliphatic carbocycles. The van der Waals surface area contributed by atoms with Crippen LogP contribution in [0, 0.1) is 0 Å². The summed E-state index contributed by atoms with van der Waals surface area (Å²) in [5.41, 5.74) is 1.34. The molecule has 2 rings (SSSR count). The van der Waals surface area contributed by atoms with E-state index in [4.69, 9.17) is 16.3 Å². The summed E-state index contributed by atoms with van der Waals surface area (Å²) in [6.45, 7) is 0. The normalized spacial score (nSPS) is 17.1. The summed E-state index contributed by atoms with van der Waals surface area (Å²) in [4.78, 5) is 11.8. The third-order valence-corrected chi connectivity index (χ3v) is 4.09. The van der Waals surface area contributed by atoms with Gasteiger partial charge in [-0.2, -0.15) is 0 Å². The molecule has 0 aromatic heterocycles. The predicted molar refractivity (Wildman–Crippen MR) is 82.5 cm³/mol. The van der Waals surface area contributed by atoms with Crippen molar-refractivity contribution in [3.63, 3.8) is 0 Å². The lowest BCUT2D eigenvalue weighted by Crippen LogP contribution is -2.22. The Morgan fingerprint density at radius 3 is 2.50 bits per heavy atom. The predicted octanol–water partition coefficient (Wildman–Crippen LogP) is 4.65. The second kappa shape index (κ2) is 7.53. The lowest BCUT2D eigenvalue weighted by Gasteiger charge is -2.23. The molecule has 0 heterocycles. The van der Waals surface area contributed by atoms with Crippen LogP contribution in [0.3, 0.4) is 0 Å². The maximum atomic E-state index is 11.8. The van der Waals surface area contributed by atoms with Gasteiger partial charge in [0.1, 0.15) is 0 Å². The SMILES string of the molecule is COC(=O)c1ccc(Cl)cc1NC1CCCCCCC1. The van der Waals surface area contributed by atoms with Crippen LogP contribution in [0.25, 0.3) is 0 Å². The number of methoxy groups -OCH3 is 1. The molecule has 1 fully saturated rings. The molecule has 1 aliphatic rings. The Morgan fingerprint density at radius 2 is 1.85 bits per heavy atom. The summed E-state index contributed by atoms with van der Waals surface area (Å²) in [7, 11) is 1.40. The summed E-state index contributed by atoms with van der Waals surface area (Å²) >= 11 is 6.05. The number of carbonyl (C=O) groups is 1. The van der Waals surface area contributed by atoms with Crippen molar-refractivity contribution < 1.29 is 9.53 Å². The minimum atomic E-state index is -0.324. The summed E-state index contributed by atoms with van der Waals surface area (Å²) in [6.07, 6.45) is 8.73. The van der Waals surface area contributed by atoms with Crippen LogP contribution >= 0.6 is 11.6 Å². The molecule has 0 bridgehead atoms.